The summed E-state index contributed by atoms with van der Waals surface area (Å²) in [7, 11) is 0. The fourth-order valence-electron chi connectivity index (χ4n) is 2.97. The lowest BCUT2D eigenvalue weighted by atomic mass is 10.0. The number of hydrogen-bond acceptors (Lipinski definition) is 3. The van der Waals surface area contributed by atoms with Crippen molar-refractivity contribution < 1.29 is 4.39 Å². The fraction of sp³-hybridized carbons (Fsp3) is 0.562. The van der Waals surface area contributed by atoms with E-state index in [1.165, 1.54) is 38.2 Å². The van der Waals surface area contributed by atoms with Gasteiger partial charge in [0.2, 0.25) is 0 Å². The zero-order valence-corrected chi connectivity index (χ0v) is 11.6. The van der Waals surface area contributed by atoms with Crippen LogP contribution in [-0.2, 0) is 0 Å². The summed E-state index contributed by atoms with van der Waals surface area (Å²) in [5.41, 5.74) is 1.26. The van der Waals surface area contributed by atoms with Crippen LogP contribution in [0.15, 0.2) is 18.2 Å². The molecule has 1 heterocycles. The molecular formula is C16H20FN3. The van der Waals surface area contributed by atoms with Crippen LogP contribution in [0.3, 0.4) is 0 Å². The van der Waals surface area contributed by atoms with Gasteiger partial charge in [-0.1, -0.05) is 6.42 Å². The van der Waals surface area contributed by atoms with Crippen molar-refractivity contribution in [3.05, 3.63) is 29.6 Å². The lowest BCUT2D eigenvalue weighted by molar-refractivity contribution is 0.398. The first-order chi connectivity index (χ1) is 9.76. The molecule has 20 heavy (non-hydrogen) atoms. The monoisotopic (exact) mass is 273 g/mol. The number of nitrogens with one attached hydrogen (secondary N) is 1. The minimum Gasteiger partial charge on any atom is -0.367 e. The Balaban J connectivity index is 1.79. The van der Waals surface area contributed by atoms with Crippen molar-refractivity contribution in [2.45, 2.75) is 44.2 Å². The number of rotatable bonds is 4. The van der Waals surface area contributed by atoms with Gasteiger partial charge >= 0.3 is 0 Å². The molecule has 1 aromatic rings. The lowest BCUT2D eigenvalue weighted by Crippen LogP contribution is -2.44. The molecule has 4 heteroatoms. The topological polar surface area (TPSA) is 39.1 Å². The summed E-state index contributed by atoms with van der Waals surface area (Å²) in [6.45, 7) is 1.99. The Morgan fingerprint density at radius 1 is 1.25 bits per heavy atom. The van der Waals surface area contributed by atoms with E-state index in [9.17, 15) is 4.39 Å². The van der Waals surface area contributed by atoms with Gasteiger partial charge in [-0.2, -0.15) is 5.26 Å². The Morgan fingerprint density at radius 2 is 2.10 bits per heavy atom. The second kappa shape index (κ2) is 5.80. The number of halogens is 1. The highest BCUT2D eigenvalue weighted by Gasteiger charge is 2.31. The van der Waals surface area contributed by atoms with Crippen LogP contribution in [0.25, 0.3) is 0 Å². The van der Waals surface area contributed by atoms with E-state index in [1.54, 1.807) is 6.07 Å². The zero-order valence-electron chi connectivity index (χ0n) is 11.6. The summed E-state index contributed by atoms with van der Waals surface area (Å²) in [5, 5.41) is 12.5. The van der Waals surface area contributed by atoms with E-state index in [0.717, 1.165) is 18.8 Å². The van der Waals surface area contributed by atoms with E-state index < -0.39 is 0 Å². The summed E-state index contributed by atoms with van der Waals surface area (Å²) in [6, 6.07) is 7.71. The fourth-order valence-corrected chi connectivity index (χ4v) is 2.97. The Kier molecular flexibility index (Phi) is 3.88. The predicted octanol–water partition coefficient (Wildman–Crippen LogP) is 2.81. The maximum Gasteiger partial charge on any atom is 0.126 e. The molecule has 0 aromatic heterocycles. The van der Waals surface area contributed by atoms with Crippen molar-refractivity contribution in [1.82, 2.24) is 5.32 Å². The highest BCUT2D eigenvalue weighted by Crippen LogP contribution is 2.33. The average Bonchev–Trinajstić information content (AvgIpc) is 3.29. The van der Waals surface area contributed by atoms with Crippen LogP contribution in [0.4, 0.5) is 10.1 Å². The van der Waals surface area contributed by atoms with Gasteiger partial charge in [0.05, 0.1) is 11.6 Å². The molecule has 1 saturated carbocycles. The SMILES string of the molecule is N#Cc1cc(F)cc(N(CC2CCCCN2)C2CC2)c1. The number of anilines is 1. The Morgan fingerprint density at radius 3 is 2.75 bits per heavy atom. The van der Waals surface area contributed by atoms with Crippen molar-refractivity contribution in [3.63, 3.8) is 0 Å². The third-order valence-corrected chi connectivity index (χ3v) is 4.16. The first kappa shape index (κ1) is 13.4. The molecule has 1 aliphatic carbocycles. The molecule has 0 bridgehead atoms. The smallest absolute Gasteiger partial charge is 0.126 e. The van der Waals surface area contributed by atoms with Crippen LogP contribution in [0, 0.1) is 17.1 Å². The van der Waals surface area contributed by atoms with E-state index in [4.69, 9.17) is 5.26 Å². The van der Waals surface area contributed by atoms with Gasteiger partial charge < -0.3 is 10.2 Å². The Bertz CT molecular complexity index is 513. The second-order valence-electron chi connectivity index (χ2n) is 5.84. The molecule has 0 spiro atoms. The van der Waals surface area contributed by atoms with Crippen LogP contribution in [0.2, 0.25) is 0 Å². The summed E-state index contributed by atoms with van der Waals surface area (Å²) >= 11 is 0. The van der Waals surface area contributed by atoms with Gasteiger partial charge in [0.25, 0.3) is 0 Å². The van der Waals surface area contributed by atoms with Crippen LogP contribution in [0.5, 0.6) is 0 Å². The van der Waals surface area contributed by atoms with Crippen molar-refractivity contribution in [1.29, 1.82) is 5.26 Å². The molecule has 2 fully saturated rings. The zero-order chi connectivity index (χ0) is 13.9. The average molecular weight is 273 g/mol. The number of piperidine rings is 1. The quantitative estimate of drug-likeness (QED) is 0.917. The number of benzene rings is 1. The number of nitrogens with zero attached hydrogens (tertiary/aromatic N) is 2. The molecule has 0 radical (unpaired) electrons. The second-order valence-corrected chi connectivity index (χ2v) is 5.84. The highest BCUT2D eigenvalue weighted by molar-refractivity contribution is 5.53. The molecule has 1 unspecified atom stereocenters. The van der Waals surface area contributed by atoms with E-state index in [-0.39, 0.29) is 5.82 Å². The van der Waals surface area contributed by atoms with Crippen molar-refractivity contribution in [3.8, 4) is 6.07 Å². The maximum atomic E-state index is 13.6. The standard InChI is InChI=1S/C16H20FN3/c17-13-7-12(10-18)8-16(9-13)20(15-4-5-15)11-14-3-1-2-6-19-14/h7-9,14-15,19H,1-6,11H2. The minimum atomic E-state index is -0.318. The van der Waals surface area contributed by atoms with Crippen LogP contribution >= 0.6 is 0 Å². The van der Waals surface area contributed by atoms with Crippen molar-refractivity contribution in [2.75, 3.05) is 18.0 Å². The van der Waals surface area contributed by atoms with Crippen LogP contribution in [0.1, 0.15) is 37.7 Å². The Labute approximate surface area is 119 Å². The molecule has 3 rings (SSSR count). The predicted molar refractivity (Wildman–Crippen MR) is 77.1 cm³/mol. The molecule has 0 amide bonds. The molecular weight excluding hydrogens is 253 g/mol. The molecule has 1 aliphatic heterocycles. The first-order valence-corrected chi connectivity index (χ1v) is 7.47. The van der Waals surface area contributed by atoms with Gasteiger partial charge in [-0.25, -0.2) is 4.39 Å². The van der Waals surface area contributed by atoms with E-state index in [0.29, 0.717) is 17.6 Å². The van der Waals surface area contributed by atoms with Gasteiger partial charge in [-0.15, -0.1) is 0 Å². The third kappa shape index (κ3) is 3.10. The Hall–Kier alpha value is -1.60. The number of hydrogen-bond donors (Lipinski definition) is 1. The van der Waals surface area contributed by atoms with E-state index >= 15 is 0 Å². The van der Waals surface area contributed by atoms with Gasteiger partial charge in [-0.3, -0.25) is 0 Å². The molecule has 1 aromatic carbocycles. The molecule has 1 atom stereocenters. The van der Waals surface area contributed by atoms with E-state index in [2.05, 4.69) is 10.2 Å². The van der Waals surface area contributed by atoms with Gasteiger partial charge in [-0.05, 0) is 50.4 Å². The van der Waals surface area contributed by atoms with Crippen LogP contribution in [-0.4, -0.2) is 25.2 Å². The normalized spacial score (nSPS) is 22.3. The number of nitriles is 1. The van der Waals surface area contributed by atoms with Gasteiger partial charge in [0.15, 0.2) is 0 Å². The minimum absolute atomic E-state index is 0.318. The third-order valence-electron chi connectivity index (χ3n) is 4.16. The van der Waals surface area contributed by atoms with Crippen LogP contribution < -0.4 is 10.2 Å². The summed E-state index contributed by atoms with van der Waals surface area (Å²) in [4.78, 5) is 2.28. The molecule has 106 valence electrons. The van der Waals surface area contributed by atoms with Gasteiger partial charge in [0.1, 0.15) is 5.82 Å². The maximum absolute atomic E-state index is 13.6. The summed E-state index contributed by atoms with van der Waals surface area (Å²) < 4.78 is 13.6. The molecule has 2 aliphatic rings. The molecule has 1 saturated heterocycles. The van der Waals surface area contributed by atoms with E-state index in [1.807, 2.05) is 12.1 Å². The largest absolute Gasteiger partial charge is 0.367 e. The first-order valence-electron chi connectivity index (χ1n) is 7.47. The van der Waals surface area contributed by atoms with Gasteiger partial charge in [0, 0.05) is 24.3 Å². The molecule has 1 N–H and O–H groups in total. The lowest BCUT2D eigenvalue weighted by Gasteiger charge is -2.32. The van der Waals surface area contributed by atoms with Crippen molar-refractivity contribution >= 4 is 5.69 Å². The van der Waals surface area contributed by atoms with Crippen molar-refractivity contribution in [2.24, 2.45) is 0 Å². The molecule has 3 nitrogen and oxygen atoms in total. The summed E-state index contributed by atoms with van der Waals surface area (Å²) in [6.07, 6.45) is 6.04. The summed E-state index contributed by atoms with van der Waals surface area (Å²) in [5.74, 6) is -0.318. The highest BCUT2D eigenvalue weighted by atomic mass is 19.1.